The van der Waals surface area contributed by atoms with Gasteiger partial charge in [-0.1, -0.05) is 0 Å². The molecule has 1 aliphatic carbocycles. The maximum absolute atomic E-state index is 11.3. The maximum Gasteiger partial charge on any atom is 0.308 e. The van der Waals surface area contributed by atoms with Crippen molar-refractivity contribution in [3.05, 3.63) is 0 Å². The molecule has 0 N–H and O–H groups in total. The number of hydrogen-bond donors (Lipinski definition) is 0. The molecule has 2 aliphatic rings. The fraction of sp³-hybridized carbons (Fsp3) is 0.917. The van der Waals surface area contributed by atoms with Crippen LogP contribution in [-0.2, 0) is 19.0 Å². The molecule has 4 heteroatoms. The van der Waals surface area contributed by atoms with Crippen LogP contribution in [0.3, 0.4) is 0 Å². The Bertz CT molecular complexity index is 241. The monoisotopic (exact) mass is 228 g/mol. The van der Waals surface area contributed by atoms with E-state index in [0.717, 1.165) is 19.3 Å². The molecule has 3 unspecified atom stereocenters. The molecule has 2 fully saturated rings. The van der Waals surface area contributed by atoms with Crippen molar-refractivity contribution in [2.24, 2.45) is 5.92 Å². The molecule has 1 saturated heterocycles. The number of carbonyl (C=O) groups is 1. The lowest BCUT2D eigenvalue weighted by Crippen LogP contribution is -2.20. The van der Waals surface area contributed by atoms with E-state index in [4.69, 9.17) is 14.2 Å². The molecule has 2 rings (SSSR count). The van der Waals surface area contributed by atoms with Crippen LogP contribution in [0.2, 0.25) is 0 Å². The third-order valence-corrected chi connectivity index (χ3v) is 3.25. The molecule has 1 aliphatic heterocycles. The van der Waals surface area contributed by atoms with Crippen molar-refractivity contribution in [3.63, 3.8) is 0 Å². The van der Waals surface area contributed by atoms with Gasteiger partial charge >= 0.3 is 5.97 Å². The average molecular weight is 228 g/mol. The molecule has 0 aromatic carbocycles. The van der Waals surface area contributed by atoms with E-state index in [1.165, 1.54) is 0 Å². The smallest absolute Gasteiger partial charge is 0.308 e. The van der Waals surface area contributed by atoms with Gasteiger partial charge < -0.3 is 14.2 Å². The van der Waals surface area contributed by atoms with Gasteiger partial charge in [0, 0.05) is 6.61 Å². The number of fused-ring (bicyclic) bond motifs is 1. The van der Waals surface area contributed by atoms with Crippen LogP contribution in [0.4, 0.5) is 0 Å². The minimum Gasteiger partial charge on any atom is -0.465 e. The Kier molecular flexibility index (Phi) is 4.18. The SMILES string of the molecule is CCOCCC(=O)OCC1CCC2OC2C1. The van der Waals surface area contributed by atoms with Crippen molar-refractivity contribution < 1.29 is 19.0 Å². The molecule has 1 saturated carbocycles. The van der Waals surface area contributed by atoms with E-state index < -0.39 is 0 Å². The van der Waals surface area contributed by atoms with Gasteiger partial charge in [0.2, 0.25) is 0 Å². The number of carbonyl (C=O) groups excluding carboxylic acids is 1. The molecule has 0 bridgehead atoms. The van der Waals surface area contributed by atoms with Crippen molar-refractivity contribution in [1.82, 2.24) is 0 Å². The highest BCUT2D eigenvalue weighted by Gasteiger charge is 2.43. The number of rotatable bonds is 6. The predicted octanol–water partition coefficient (Wildman–Crippen LogP) is 1.52. The Morgan fingerprint density at radius 2 is 2.25 bits per heavy atom. The van der Waals surface area contributed by atoms with Crippen LogP contribution in [0.1, 0.15) is 32.6 Å². The average Bonchev–Trinajstić information content (AvgIpc) is 3.05. The largest absolute Gasteiger partial charge is 0.465 e. The van der Waals surface area contributed by atoms with Gasteiger partial charge in [-0.2, -0.15) is 0 Å². The van der Waals surface area contributed by atoms with Crippen molar-refractivity contribution in [3.8, 4) is 0 Å². The fourth-order valence-electron chi connectivity index (χ4n) is 2.22. The molecule has 1 heterocycles. The lowest BCUT2D eigenvalue weighted by atomic mass is 9.90. The first-order chi connectivity index (χ1) is 7.79. The molecule has 92 valence electrons. The van der Waals surface area contributed by atoms with E-state index >= 15 is 0 Å². The zero-order valence-corrected chi connectivity index (χ0v) is 9.81. The van der Waals surface area contributed by atoms with Crippen molar-refractivity contribution in [1.29, 1.82) is 0 Å². The summed E-state index contributed by atoms with van der Waals surface area (Å²) in [4.78, 5) is 11.3. The normalized spacial score (nSPS) is 31.9. The standard InChI is InChI=1S/C12H20O4/c1-2-14-6-5-12(13)15-8-9-3-4-10-11(7-9)16-10/h9-11H,2-8H2,1H3. The van der Waals surface area contributed by atoms with Crippen LogP contribution in [0, 0.1) is 5.92 Å². The summed E-state index contributed by atoms with van der Waals surface area (Å²) in [5.41, 5.74) is 0. The summed E-state index contributed by atoms with van der Waals surface area (Å²) < 4.78 is 15.8. The van der Waals surface area contributed by atoms with E-state index in [1.807, 2.05) is 6.92 Å². The summed E-state index contributed by atoms with van der Waals surface area (Å²) in [6, 6.07) is 0. The Labute approximate surface area is 96.2 Å². The summed E-state index contributed by atoms with van der Waals surface area (Å²) in [5.74, 6) is 0.354. The summed E-state index contributed by atoms with van der Waals surface area (Å²) in [6.07, 6.45) is 4.66. The molecular weight excluding hydrogens is 208 g/mol. The summed E-state index contributed by atoms with van der Waals surface area (Å²) in [6.45, 7) is 3.58. The van der Waals surface area contributed by atoms with E-state index in [-0.39, 0.29) is 5.97 Å². The van der Waals surface area contributed by atoms with Crippen molar-refractivity contribution in [2.75, 3.05) is 19.8 Å². The second kappa shape index (κ2) is 5.64. The summed E-state index contributed by atoms with van der Waals surface area (Å²) in [5, 5.41) is 0. The molecule has 16 heavy (non-hydrogen) atoms. The lowest BCUT2D eigenvalue weighted by molar-refractivity contribution is -0.146. The van der Waals surface area contributed by atoms with Gasteiger partial charge in [-0.3, -0.25) is 4.79 Å². The second-order valence-corrected chi connectivity index (χ2v) is 4.52. The Morgan fingerprint density at radius 1 is 1.38 bits per heavy atom. The predicted molar refractivity (Wildman–Crippen MR) is 58.1 cm³/mol. The first kappa shape index (κ1) is 11.9. The molecule has 0 radical (unpaired) electrons. The number of hydrogen-bond acceptors (Lipinski definition) is 4. The quantitative estimate of drug-likeness (QED) is 0.393. The van der Waals surface area contributed by atoms with Gasteiger partial charge in [0.25, 0.3) is 0 Å². The van der Waals surface area contributed by atoms with Crippen LogP contribution in [0.15, 0.2) is 0 Å². The first-order valence-electron chi connectivity index (χ1n) is 6.18. The minimum absolute atomic E-state index is 0.146. The third-order valence-electron chi connectivity index (χ3n) is 3.25. The van der Waals surface area contributed by atoms with E-state index in [0.29, 0.717) is 44.4 Å². The maximum atomic E-state index is 11.3. The van der Waals surface area contributed by atoms with Crippen molar-refractivity contribution >= 4 is 5.97 Å². The molecule has 4 nitrogen and oxygen atoms in total. The van der Waals surface area contributed by atoms with Crippen LogP contribution in [0.25, 0.3) is 0 Å². The highest BCUT2D eigenvalue weighted by atomic mass is 16.6. The van der Waals surface area contributed by atoms with Crippen LogP contribution in [0.5, 0.6) is 0 Å². The van der Waals surface area contributed by atoms with E-state index in [1.54, 1.807) is 0 Å². The molecule has 0 amide bonds. The Morgan fingerprint density at radius 3 is 3.00 bits per heavy atom. The summed E-state index contributed by atoms with van der Waals surface area (Å²) in [7, 11) is 0. The van der Waals surface area contributed by atoms with Crippen LogP contribution in [-0.4, -0.2) is 38.0 Å². The fourth-order valence-corrected chi connectivity index (χ4v) is 2.22. The van der Waals surface area contributed by atoms with Gasteiger partial charge in [0.05, 0.1) is 31.8 Å². The number of ether oxygens (including phenoxy) is 3. The van der Waals surface area contributed by atoms with E-state index in [9.17, 15) is 4.79 Å². The zero-order valence-electron chi connectivity index (χ0n) is 9.81. The van der Waals surface area contributed by atoms with Gasteiger partial charge in [-0.25, -0.2) is 0 Å². The zero-order chi connectivity index (χ0) is 11.4. The summed E-state index contributed by atoms with van der Waals surface area (Å²) >= 11 is 0. The Hall–Kier alpha value is -0.610. The molecule has 3 atom stereocenters. The van der Waals surface area contributed by atoms with Gasteiger partial charge in [-0.15, -0.1) is 0 Å². The minimum atomic E-state index is -0.146. The molecule has 0 aromatic heterocycles. The second-order valence-electron chi connectivity index (χ2n) is 4.52. The van der Waals surface area contributed by atoms with Gasteiger partial charge in [0.1, 0.15) is 0 Å². The van der Waals surface area contributed by atoms with Crippen molar-refractivity contribution in [2.45, 2.75) is 44.8 Å². The molecular formula is C12H20O4. The topological polar surface area (TPSA) is 48.1 Å². The highest BCUT2D eigenvalue weighted by molar-refractivity contribution is 5.69. The molecule has 0 aromatic rings. The molecule has 0 spiro atoms. The highest BCUT2D eigenvalue weighted by Crippen LogP contribution is 2.39. The first-order valence-corrected chi connectivity index (χ1v) is 6.18. The third kappa shape index (κ3) is 3.46. The van der Waals surface area contributed by atoms with Crippen LogP contribution < -0.4 is 0 Å². The van der Waals surface area contributed by atoms with Gasteiger partial charge in [-0.05, 0) is 32.1 Å². The number of esters is 1. The lowest BCUT2D eigenvalue weighted by Gasteiger charge is -2.18. The van der Waals surface area contributed by atoms with Crippen LogP contribution >= 0.6 is 0 Å². The number of epoxide rings is 1. The van der Waals surface area contributed by atoms with Gasteiger partial charge in [0.15, 0.2) is 0 Å². The van der Waals surface area contributed by atoms with E-state index in [2.05, 4.69) is 0 Å². The Balaban J connectivity index is 1.54.